The molecule has 0 aliphatic carbocycles. The molecule has 0 fully saturated rings. The molecule has 3 N–H and O–H groups in total. The van der Waals surface area contributed by atoms with E-state index < -0.39 is 5.97 Å². The van der Waals surface area contributed by atoms with Crippen molar-refractivity contribution in [3.8, 4) is 11.1 Å². The second-order valence-corrected chi connectivity index (χ2v) is 4.45. The lowest BCUT2D eigenvalue weighted by molar-refractivity contribution is 0.0698. The van der Waals surface area contributed by atoms with Gasteiger partial charge in [-0.15, -0.1) is 0 Å². The molecule has 0 heterocycles. The summed E-state index contributed by atoms with van der Waals surface area (Å²) in [7, 11) is 0. The first-order chi connectivity index (χ1) is 8.49. The second-order valence-electron chi connectivity index (χ2n) is 4.45. The van der Waals surface area contributed by atoms with Gasteiger partial charge in [0, 0.05) is 11.3 Å². The number of nitrogen functional groups attached to an aromatic ring is 1. The van der Waals surface area contributed by atoms with Crippen molar-refractivity contribution in [3.05, 3.63) is 53.1 Å². The molecule has 3 nitrogen and oxygen atoms in total. The topological polar surface area (TPSA) is 63.3 Å². The van der Waals surface area contributed by atoms with Crippen molar-refractivity contribution < 1.29 is 9.90 Å². The standard InChI is InChI=1S/C15H15NO2/c1-9-6-10(2)8-11(7-9)14-12(15(17)18)4-3-5-13(14)16/h3-8H,16H2,1-2H3,(H,17,18). The first-order valence-electron chi connectivity index (χ1n) is 5.69. The Hall–Kier alpha value is -2.29. The number of aryl methyl sites for hydroxylation is 2. The summed E-state index contributed by atoms with van der Waals surface area (Å²) in [5.41, 5.74) is 10.3. The Kier molecular flexibility index (Phi) is 3.06. The number of carboxylic acid groups (broad SMARTS) is 1. The molecule has 18 heavy (non-hydrogen) atoms. The van der Waals surface area contributed by atoms with Crippen LogP contribution in [0, 0.1) is 13.8 Å². The van der Waals surface area contributed by atoms with Crippen LogP contribution in [0.5, 0.6) is 0 Å². The number of hydrogen-bond acceptors (Lipinski definition) is 2. The SMILES string of the molecule is Cc1cc(C)cc(-c2c(N)cccc2C(=O)O)c1. The maximum absolute atomic E-state index is 11.3. The fourth-order valence-corrected chi connectivity index (χ4v) is 2.19. The molecule has 0 saturated heterocycles. The van der Waals surface area contributed by atoms with Crippen molar-refractivity contribution in [2.24, 2.45) is 0 Å². The molecule has 0 radical (unpaired) electrons. The molecule has 92 valence electrons. The van der Waals surface area contributed by atoms with Gasteiger partial charge in [-0.2, -0.15) is 0 Å². The van der Waals surface area contributed by atoms with E-state index in [-0.39, 0.29) is 5.56 Å². The Labute approximate surface area is 106 Å². The van der Waals surface area contributed by atoms with Crippen molar-refractivity contribution in [2.45, 2.75) is 13.8 Å². The molecule has 2 aromatic carbocycles. The summed E-state index contributed by atoms with van der Waals surface area (Å²) in [6.45, 7) is 3.96. The van der Waals surface area contributed by atoms with Crippen LogP contribution in [0.15, 0.2) is 36.4 Å². The number of nitrogens with two attached hydrogens (primary N) is 1. The monoisotopic (exact) mass is 241 g/mol. The zero-order chi connectivity index (χ0) is 13.3. The summed E-state index contributed by atoms with van der Waals surface area (Å²) < 4.78 is 0. The van der Waals surface area contributed by atoms with E-state index in [2.05, 4.69) is 0 Å². The van der Waals surface area contributed by atoms with Crippen molar-refractivity contribution in [2.75, 3.05) is 5.73 Å². The molecule has 0 atom stereocenters. The molecule has 0 saturated carbocycles. The fraction of sp³-hybridized carbons (Fsp3) is 0.133. The van der Waals surface area contributed by atoms with E-state index in [0.717, 1.165) is 16.7 Å². The van der Waals surface area contributed by atoms with Crippen molar-refractivity contribution >= 4 is 11.7 Å². The van der Waals surface area contributed by atoms with E-state index >= 15 is 0 Å². The van der Waals surface area contributed by atoms with Crippen LogP contribution in [0.2, 0.25) is 0 Å². The highest BCUT2D eigenvalue weighted by Crippen LogP contribution is 2.31. The molecule has 0 unspecified atom stereocenters. The van der Waals surface area contributed by atoms with Gasteiger partial charge in [0.15, 0.2) is 0 Å². The number of carbonyl (C=O) groups is 1. The summed E-state index contributed by atoms with van der Waals surface area (Å²) in [6, 6.07) is 10.9. The quantitative estimate of drug-likeness (QED) is 0.793. The van der Waals surface area contributed by atoms with Gasteiger partial charge in [-0.3, -0.25) is 0 Å². The normalized spacial score (nSPS) is 10.3. The van der Waals surface area contributed by atoms with Crippen LogP contribution in [0.1, 0.15) is 21.5 Å². The van der Waals surface area contributed by atoms with Gasteiger partial charge in [-0.25, -0.2) is 4.79 Å². The molecule has 0 aliphatic rings. The Morgan fingerprint density at radius 2 is 1.72 bits per heavy atom. The summed E-state index contributed by atoms with van der Waals surface area (Å²) in [5, 5.41) is 9.23. The maximum Gasteiger partial charge on any atom is 0.336 e. The highest BCUT2D eigenvalue weighted by molar-refractivity contribution is 5.99. The van der Waals surface area contributed by atoms with Crippen molar-refractivity contribution in [1.29, 1.82) is 0 Å². The predicted octanol–water partition coefficient (Wildman–Crippen LogP) is 3.25. The zero-order valence-corrected chi connectivity index (χ0v) is 10.4. The van der Waals surface area contributed by atoms with Gasteiger partial charge in [0.25, 0.3) is 0 Å². The fourth-order valence-electron chi connectivity index (χ4n) is 2.19. The molecule has 0 bridgehead atoms. The van der Waals surface area contributed by atoms with Crippen LogP contribution in [0.4, 0.5) is 5.69 Å². The lowest BCUT2D eigenvalue weighted by Crippen LogP contribution is -2.03. The van der Waals surface area contributed by atoms with Gasteiger partial charge in [-0.1, -0.05) is 35.4 Å². The first-order valence-corrected chi connectivity index (χ1v) is 5.69. The van der Waals surface area contributed by atoms with Gasteiger partial charge in [-0.05, 0) is 31.5 Å². The molecule has 0 aromatic heterocycles. The third kappa shape index (κ3) is 2.20. The predicted molar refractivity (Wildman–Crippen MR) is 72.7 cm³/mol. The average Bonchev–Trinajstić information content (AvgIpc) is 2.26. The van der Waals surface area contributed by atoms with E-state index in [0.29, 0.717) is 11.3 Å². The highest BCUT2D eigenvalue weighted by atomic mass is 16.4. The van der Waals surface area contributed by atoms with Crippen LogP contribution >= 0.6 is 0 Å². The molecular formula is C15H15NO2. The number of anilines is 1. The van der Waals surface area contributed by atoms with Gasteiger partial charge in [0.05, 0.1) is 5.56 Å². The van der Waals surface area contributed by atoms with E-state index in [1.165, 1.54) is 0 Å². The van der Waals surface area contributed by atoms with Crippen LogP contribution in [-0.2, 0) is 0 Å². The maximum atomic E-state index is 11.3. The minimum absolute atomic E-state index is 0.236. The van der Waals surface area contributed by atoms with Crippen LogP contribution in [-0.4, -0.2) is 11.1 Å². The molecule has 0 spiro atoms. The van der Waals surface area contributed by atoms with Crippen LogP contribution in [0.25, 0.3) is 11.1 Å². The second kappa shape index (κ2) is 4.53. The van der Waals surface area contributed by atoms with Crippen LogP contribution < -0.4 is 5.73 Å². The van der Waals surface area contributed by atoms with Gasteiger partial charge in [0.1, 0.15) is 0 Å². The molecule has 0 aliphatic heterocycles. The Bertz CT molecular complexity index is 598. The smallest absolute Gasteiger partial charge is 0.336 e. The average molecular weight is 241 g/mol. The number of rotatable bonds is 2. The van der Waals surface area contributed by atoms with Gasteiger partial charge in [0.2, 0.25) is 0 Å². The van der Waals surface area contributed by atoms with E-state index in [9.17, 15) is 9.90 Å². The number of aromatic carboxylic acids is 1. The van der Waals surface area contributed by atoms with Crippen molar-refractivity contribution in [1.82, 2.24) is 0 Å². The van der Waals surface area contributed by atoms with Crippen LogP contribution in [0.3, 0.4) is 0 Å². The summed E-state index contributed by atoms with van der Waals surface area (Å²) in [4.78, 5) is 11.3. The van der Waals surface area contributed by atoms with Gasteiger partial charge >= 0.3 is 5.97 Å². The van der Waals surface area contributed by atoms with E-state index in [1.54, 1.807) is 18.2 Å². The lowest BCUT2D eigenvalue weighted by atomic mass is 9.95. The van der Waals surface area contributed by atoms with E-state index in [1.807, 2.05) is 32.0 Å². The number of hydrogen-bond donors (Lipinski definition) is 2. The Balaban J connectivity index is 2.73. The third-order valence-corrected chi connectivity index (χ3v) is 2.84. The Morgan fingerprint density at radius 3 is 2.28 bits per heavy atom. The minimum atomic E-state index is -0.962. The highest BCUT2D eigenvalue weighted by Gasteiger charge is 2.14. The number of carboxylic acids is 1. The van der Waals surface area contributed by atoms with Crippen molar-refractivity contribution in [3.63, 3.8) is 0 Å². The third-order valence-electron chi connectivity index (χ3n) is 2.84. The first kappa shape index (κ1) is 12.2. The molecular weight excluding hydrogens is 226 g/mol. The van der Waals surface area contributed by atoms with Gasteiger partial charge < -0.3 is 10.8 Å². The summed E-state index contributed by atoms with van der Waals surface area (Å²) in [6.07, 6.45) is 0. The number of benzene rings is 2. The lowest BCUT2D eigenvalue weighted by Gasteiger charge is -2.11. The molecule has 2 rings (SSSR count). The largest absolute Gasteiger partial charge is 0.478 e. The molecule has 3 heteroatoms. The summed E-state index contributed by atoms with van der Waals surface area (Å²) in [5.74, 6) is -0.962. The zero-order valence-electron chi connectivity index (χ0n) is 10.4. The van der Waals surface area contributed by atoms with E-state index in [4.69, 9.17) is 5.73 Å². The molecule has 2 aromatic rings. The Morgan fingerprint density at radius 1 is 1.11 bits per heavy atom. The minimum Gasteiger partial charge on any atom is -0.478 e. The summed E-state index contributed by atoms with van der Waals surface area (Å²) >= 11 is 0. The molecule has 0 amide bonds.